The number of hydrogen-bond donors (Lipinski definition) is 2. The van der Waals surface area contributed by atoms with E-state index in [1.54, 1.807) is 0 Å². The van der Waals surface area contributed by atoms with Crippen LogP contribution in [0.15, 0.2) is 30.3 Å². The Morgan fingerprint density at radius 2 is 1.91 bits per heavy atom. The maximum absolute atomic E-state index is 12.6. The lowest BCUT2D eigenvalue weighted by Gasteiger charge is -2.24. The molecule has 1 fully saturated rings. The maximum atomic E-state index is 12.6. The second-order valence-electron chi connectivity index (χ2n) is 6.14. The molecule has 1 aromatic rings. The first-order valence-corrected chi connectivity index (χ1v) is 9.46. The molecule has 3 N–H and O–H groups in total. The van der Waals surface area contributed by atoms with E-state index >= 15 is 0 Å². The van der Waals surface area contributed by atoms with Crippen molar-refractivity contribution >= 4 is 8.03 Å². The summed E-state index contributed by atoms with van der Waals surface area (Å²) >= 11 is 0. The van der Waals surface area contributed by atoms with E-state index in [2.05, 4.69) is 0 Å². The Labute approximate surface area is 133 Å². The molecule has 122 valence electrons. The Kier molecular flexibility index (Phi) is 7.47. The van der Waals surface area contributed by atoms with Crippen LogP contribution in [0, 0.1) is 5.92 Å². The summed E-state index contributed by atoms with van der Waals surface area (Å²) in [5.41, 5.74) is 6.46. The molecule has 0 amide bonds. The third-order valence-electron chi connectivity index (χ3n) is 4.45. The van der Waals surface area contributed by atoms with Crippen LogP contribution in [0.4, 0.5) is 0 Å². The highest BCUT2D eigenvalue weighted by molar-refractivity contribution is 7.40. The van der Waals surface area contributed by atoms with Crippen LogP contribution in [0.2, 0.25) is 0 Å². The Balaban J connectivity index is 1.95. The van der Waals surface area contributed by atoms with Crippen molar-refractivity contribution in [3.05, 3.63) is 35.9 Å². The van der Waals surface area contributed by atoms with Gasteiger partial charge in [-0.2, -0.15) is 0 Å². The van der Waals surface area contributed by atoms with E-state index < -0.39 is 14.1 Å². The third-order valence-corrected chi connectivity index (χ3v) is 6.01. The van der Waals surface area contributed by atoms with Gasteiger partial charge in [0.25, 0.3) is 0 Å². The molecule has 0 aliphatic heterocycles. The zero-order valence-corrected chi connectivity index (χ0v) is 14.0. The van der Waals surface area contributed by atoms with E-state index in [4.69, 9.17) is 10.3 Å². The molecule has 4 nitrogen and oxygen atoms in total. The molecule has 22 heavy (non-hydrogen) atoms. The molecular formula is C17H27NO3P+. The first kappa shape index (κ1) is 17.6. The Morgan fingerprint density at radius 1 is 1.23 bits per heavy atom. The van der Waals surface area contributed by atoms with Crippen molar-refractivity contribution in [3.8, 4) is 0 Å². The monoisotopic (exact) mass is 324 g/mol. The van der Waals surface area contributed by atoms with Gasteiger partial charge in [-0.15, -0.1) is 4.52 Å². The van der Waals surface area contributed by atoms with Crippen LogP contribution in [0.1, 0.15) is 44.1 Å². The number of nitrogens with two attached hydrogens (primary N) is 1. The van der Waals surface area contributed by atoms with Gasteiger partial charge in [0.05, 0.1) is 6.10 Å². The van der Waals surface area contributed by atoms with E-state index in [0.29, 0.717) is 18.9 Å². The van der Waals surface area contributed by atoms with Gasteiger partial charge in [-0.3, -0.25) is 0 Å². The zero-order chi connectivity index (χ0) is 15.8. The fraction of sp³-hybridized carbons (Fsp3) is 0.647. The number of benzene rings is 1. The first-order valence-electron chi connectivity index (χ1n) is 8.22. The molecule has 1 aliphatic carbocycles. The van der Waals surface area contributed by atoms with Crippen molar-refractivity contribution in [1.82, 2.24) is 0 Å². The minimum atomic E-state index is -1.79. The van der Waals surface area contributed by atoms with Crippen LogP contribution in [0.3, 0.4) is 0 Å². The summed E-state index contributed by atoms with van der Waals surface area (Å²) in [6, 6.07) is 9.78. The number of rotatable bonds is 8. The molecule has 5 heteroatoms. The van der Waals surface area contributed by atoms with Gasteiger partial charge in [0.15, 0.2) is 5.66 Å². The van der Waals surface area contributed by atoms with Crippen LogP contribution in [0.5, 0.6) is 0 Å². The highest BCUT2D eigenvalue weighted by Gasteiger charge is 2.41. The summed E-state index contributed by atoms with van der Waals surface area (Å²) < 4.78 is 18.3. The Morgan fingerprint density at radius 3 is 2.55 bits per heavy atom. The summed E-state index contributed by atoms with van der Waals surface area (Å²) in [6.45, 7) is 0.572. The average molecular weight is 324 g/mol. The number of hydrogen-bond acceptors (Lipinski definition) is 4. The number of aliphatic hydroxyl groups is 1. The predicted octanol–water partition coefficient (Wildman–Crippen LogP) is 3.60. The third kappa shape index (κ3) is 5.44. The lowest BCUT2D eigenvalue weighted by molar-refractivity contribution is 0.154. The second-order valence-corrected chi connectivity index (χ2v) is 7.63. The average Bonchev–Trinajstić information content (AvgIpc) is 2.59. The van der Waals surface area contributed by atoms with Crippen molar-refractivity contribution < 1.29 is 14.2 Å². The molecular weight excluding hydrogens is 297 g/mol. The van der Waals surface area contributed by atoms with Crippen molar-refractivity contribution in [3.63, 3.8) is 0 Å². The van der Waals surface area contributed by atoms with Crippen molar-refractivity contribution in [1.29, 1.82) is 0 Å². The smallest absolute Gasteiger partial charge is 0.392 e. The Bertz CT molecular complexity index is 448. The normalized spacial score (nSPS) is 19.6. The van der Waals surface area contributed by atoms with Gasteiger partial charge in [-0.1, -0.05) is 49.6 Å². The standard InChI is InChI=1S/C17H27NO3P/c18-12-16(19)11-17(15-9-5-2-6-10-15)22(20)21-13-14-7-3-1-4-8-14/h1,3-4,7-8,15-17,19H,2,5-6,9-13,18H2/q+1/t16-,17?/m1/s1. The summed E-state index contributed by atoms with van der Waals surface area (Å²) in [5.74, 6) is 0.384. The molecule has 0 radical (unpaired) electrons. The van der Waals surface area contributed by atoms with Crippen molar-refractivity contribution in [2.45, 2.75) is 56.9 Å². The fourth-order valence-electron chi connectivity index (χ4n) is 3.15. The number of aliphatic hydroxyl groups excluding tert-OH is 1. The molecule has 0 spiro atoms. The van der Waals surface area contributed by atoms with Gasteiger partial charge < -0.3 is 10.8 Å². The second kappa shape index (κ2) is 9.36. The summed E-state index contributed by atoms with van der Waals surface area (Å²) in [7, 11) is -1.79. The van der Waals surface area contributed by atoms with E-state index in [9.17, 15) is 9.67 Å². The molecule has 0 aromatic heterocycles. The molecule has 1 aromatic carbocycles. The molecule has 2 unspecified atom stereocenters. The largest absolute Gasteiger partial charge is 0.512 e. The Hall–Kier alpha value is -0.800. The lowest BCUT2D eigenvalue weighted by atomic mass is 9.85. The lowest BCUT2D eigenvalue weighted by Crippen LogP contribution is -2.29. The molecule has 0 bridgehead atoms. The van der Waals surface area contributed by atoms with E-state index in [1.165, 1.54) is 19.3 Å². The quantitative estimate of drug-likeness (QED) is 0.717. The van der Waals surface area contributed by atoms with E-state index in [0.717, 1.165) is 18.4 Å². The maximum Gasteiger partial charge on any atom is 0.512 e. The van der Waals surface area contributed by atoms with Gasteiger partial charge in [0, 0.05) is 18.9 Å². The summed E-state index contributed by atoms with van der Waals surface area (Å²) in [6.07, 6.45) is 5.67. The van der Waals surface area contributed by atoms with Crippen LogP contribution >= 0.6 is 8.03 Å². The van der Waals surface area contributed by atoms with Crippen molar-refractivity contribution in [2.24, 2.45) is 11.7 Å². The van der Waals surface area contributed by atoms with Gasteiger partial charge in [0.2, 0.25) is 0 Å². The van der Waals surface area contributed by atoms with E-state index in [1.807, 2.05) is 30.3 Å². The molecule has 3 atom stereocenters. The van der Waals surface area contributed by atoms with Crippen LogP contribution < -0.4 is 5.73 Å². The summed E-state index contributed by atoms with van der Waals surface area (Å²) in [4.78, 5) is 0. The van der Waals surface area contributed by atoms with Crippen molar-refractivity contribution in [2.75, 3.05) is 6.54 Å². The molecule has 2 rings (SSSR count). The first-order chi connectivity index (χ1) is 10.7. The fourth-order valence-corrected chi connectivity index (χ4v) is 4.68. The van der Waals surface area contributed by atoms with Gasteiger partial charge in [-0.05, 0) is 23.0 Å². The molecule has 1 saturated carbocycles. The van der Waals surface area contributed by atoms with Gasteiger partial charge in [-0.25, -0.2) is 0 Å². The molecule has 0 heterocycles. The molecule has 1 aliphatic rings. The minimum Gasteiger partial charge on any atom is -0.392 e. The van der Waals surface area contributed by atoms with E-state index in [-0.39, 0.29) is 12.2 Å². The SMILES string of the molecule is NC[C@H](O)CC(C1CCCCC1)[P+](=O)OCc1ccccc1. The highest BCUT2D eigenvalue weighted by atomic mass is 31.1. The molecule has 0 saturated heterocycles. The van der Waals surface area contributed by atoms with Crippen LogP contribution in [0.25, 0.3) is 0 Å². The topological polar surface area (TPSA) is 72.5 Å². The van der Waals surface area contributed by atoms with Crippen LogP contribution in [-0.4, -0.2) is 23.4 Å². The van der Waals surface area contributed by atoms with Gasteiger partial charge in [0.1, 0.15) is 6.61 Å². The zero-order valence-electron chi connectivity index (χ0n) is 13.1. The minimum absolute atomic E-state index is 0.0856. The van der Waals surface area contributed by atoms with Crippen LogP contribution in [-0.2, 0) is 15.7 Å². The predicted molar refractivity (Wildman–Crippen MR) is 88.9 cm³/mol. The highest BCUT2D eigenvalue weighted by Crippen LogP contribution is 2.43. The van der Waals surface area contributed by atoms with Gasteiger partial charge >= 0.3 is 8.03 Å². The summed E-state index contributed by atoms with van der Waals surface area (Å²) in [5, 5.41) is 9.88.